The Kier molecular flexibility index (Phi) is 4.06. The Labute approximate surface area is 121 Å². The van der Waals surface area contributed by atoms with E-state index in [2.05, 4.69) is 9.97 Å². The predicted octanol–water partition coefficient (Wildman–Crippen LogP) is 2.41. The number of halogens is 3. The van der Waals surface area contributed by atoms with E-state index < -0.39 is 29.5 Å². The van der Waals surface area contributed by atoms with E-state index in [4.69, 9.17) is 9.84 Å². The molecule has 0 saturated carbocycles. The maximum Gasteiger partial charge on any atom is 0.416 e. The molecule has 0 aliphatic carbocycles. The van der Waals surface area contributed by atoms with Crippen LogP contribution in [0.15, 0.2) is 36.5 Å². The van der Waals surface area contributed by atoms with Crippen molar-refractivity contribution in [2.45, 2.75) is 6.18 Å². The second-order valence-electron chi connectivity index (χ2n) is 3.99. The molecule has 22 heavy (non-hydrogen) atoms. The minimum absolute atomic E-state index is 0.338. The average Bonchev–Trinajstić information content (AvgIpc) is 2.46. The van der Waals surface area contributed by atoms with Crippen LogP contribution < -0.4 is 4.74 Å². The number of esters is 1. The monoisotopic (exact) mass is 312 g/mol. The first-order valence-electron chi connectivity index (χ1n) is 5.73. The summed E-state index contributed by atoms with van der Waals surface area (Å²) in [5.41, 5.74) is -1.36. The number of nitrogens with zero attached hydrogens (tertiary/aromatic N) is 2. The van der Waals surface area contributed by atoms with E-state index in [1.165, 1.54) is 0 Å². The fraction of sp³-hybridized carbons (Fsp3) is 0.0769. The van der Waals surface area contributed by atoms with Gasteiger partial charge in [0.25, 0.3) is 0 Å². The molecule has 0 radical (unpaired) electrons. The Morgan fingerprint density at radius 3 is 2.55 bits per heavy atom. The largest absolute Gasteiger partial charge is 0.475 e. The molecule has 2 rings (SSSR count). The van der Waals surface area contributed by atoms with Gasteiger partial charge >= 0.3 is 18.1 Å². The Hall–Kier alpha value is -2.97. The zero-order valence-corrected chi connectivity index (χ0v) is 10.7. The van der Waals surface area contributed by atoms with Gasteiger partial charge in [0.15, 0.2) is 5.69 Å². The van der Waals surface area contributed by atoms with Crippen LogP contribution in [-0.2, 0) is 6.18 Å². The Morgan fingerprint density at radius 2 is 1.91 bits per heavy atom. The van der Waals surface area contributed by atoms with E-state index in [0.717, 1.165) is 30.5 Å². The zero-order valence-electron chi connectivity index (χ0n) is 10.7. The van der Waals surface area contributed by atoms with Crippen LogP contribution >= 0.6 is 0 Å². The number of carbonyl (C=O) groups excluding carboxylic acids is 1. The lowest BCUT2D eigenvalue weighted by atomic mass is 10.2. The summed E-state index contributed by atoms with van der Waals surface area (Å²) < 4.78 is 42.4. The van der Waals surface area contributed by atoms with E-state index in [9.17, 15) is 22.8 Å². The molecule has 0 saturated heterocycles. The van der Waals surface area contributed by atoms with Crippen LogP contribution in [0.3, 0.4) is 0 Å². The molecule has 1 heterocycles. The van der Waals surface area contributed by atoms with Crippen molar-refractivity contribution in [2.75, 3.05) is 0 Å². The van der Waals surface area contributed by atoms with Crippen LogP contribution in [0.25, 0.3) is 0 Å². The van der Waals surface area contributed by atoms with Gasteiger partial charge in [0.1, 0.15) is 5.75 Å². The molecule has 0 fully saturated rings. The molecule has 1 aromatic carbocycles. The van der Waals surface area contributed by atoms with Crippen LogP contribution in [0.5, 0.6) is 5.75 Å². The predicted molar refractivity (Wildman–Crippen MR) is 65.4 cm³/mol. The molecule has 0 aliphatic rings. The lowest BCUT2D eigenvalue weighted by Crippen LogP contribution is -2.14. The van der Waals surface area contributed by atoms with Gasteiger partial charge in [-0.2, -0.15) is 13.2 Å². The van der Waals surface area contributed by atoms with Crippen molar-refractivity contribution in [1.29, 1.82) is 0 Å². The minimum atomic E-state index is -4.58. The normalized spacial score (nSPS) is 11.0. The molecule has 1 N–H and O–H groups in total. The highest BCUT2D eigenvalue weighted by Crippen LogP contribution is 2.31. The topological polar surface area (TPSA) is 89.4 Å². The number of carbonyl (C=O) groups is 2. The maximum atomic E-state index is 12.5. The van der Waals surface area contributed by atoms with E-state index in [-0.39, 0.29) is 11.4 Å². The number of carboxylic acids is 1. The summed E-state index contributed by atoms with van der Waals surface area (Å²) in [6.07, 6.45) is -3.55. The number of benzene rings is 1. The zero-order chi connectivity index (χ0) is 16.3. The SMILES string of the molecule is O=C(Oc1cccc(C(F)(F)F)c1)c1ccnc(C(=O)O)n1. The highest BCUT2D eigenvalue weighted by atomic mass is 19.4. The standard InChI is InChI=1S/C13H7F3N2O4/c14-13(15,16)7-2-1-3-8(6-7)22-12(21)9-4-5-17-10(18-9)11(19)20/h1-6H,(H,19,20). The summed E-state index contributed by atoms with van der Waals surface area (Å²) >= 11 is 0. The fourth-order valence-electron chi connectivity index (χ4n) is 1.47. The molecule has 114 valence electrons. The van der Waals surface area contributed by atoms with Gasteiger partial charge in [-0.05, 0) is 24.3 Å². The molecule has 9 heteroatoms. The van der Waals surface area contributed by atoms with Gasteiger partial charge in [0.2, 0.25) is 5.82 Å². The van der Waals surface area contributed by atoms with Gasteiger partial charge in [0.05, 0.1) is 5.56 Å². The molecule has 0 amide bonds. The first-order valence-corrected chi connectivity index (χ1v) is 5.73. The van der Waals surface area contributed by atoms with E-state index >= 15 is 0 Å². The molecular weight excluding hydrogens is 305 g/mol. The molecule has 6 nitrogen and oxygen atoms in total. The lowest BCUT2D eigenvalue weighted by molar-refractivity contribution is -0.137. The number of rotatable bonds is 3. The Morgan fingerprint density at radius 1 is 1.18 bits per heavy atom. The number of aromatic carboxylic acids is 1. The van der Waals surface area contributed by atoms with Gasteiger partial charge < -0.3 is 9.84 Å². The van der Waals surface area contributed by atoms with Crippen molar-refractivity contribution in [3.05, 3.63) is 53.6 Å². The lowest BCUT2D eigenvalue weighted by Gasteiger charge is -2.09. The minimum Gasteiger partial charge on any atom is -0.475 e. The molecular formula is C13H7F3N2O4. The van der Waals surface area contributed by atoms with E-state index in [1.54, 1.807) is 0 Å². The third kappa shape index (κ3) is 3.57. The second-order valence-corrected chi connectivity index (χ2v) is 3.99. The van der Waals surface area contributed by atoms with Crippen LogP contribution in [0.4, 0.5) is 13.2 Å². The van der Waals surface area contributed by atoms with Crippen molar-refractivity contribution < 1.29 is 32.6 Å². The van der Waals surface area contributed by atoms with Crippen LogP contribution in [0, 0.1) is 0 Å². The first-order chi connectivity index (χ1) is 10.3. The number of hydrogen-bond donors (Lipinski definition) is 1. The van der Waals surface area contributed by atoms with Crippen molar-refractivity contribution in [2.24, 2.45) is 0 Å². The van der Waals surface area contributed by atoms with Crippen molar-refractivity contribution in [3.63, 3.8) is 0 Å². The third-order valence-electron chi connectivity index (χ3n) is 2.43. The molecule has 0 atom stereocenters. The highest BCUT2D eigenvalue weighted by molar-refractivity contribution is 5.90. The number of aromatic nitrogens is 2. The fourth-order valence-corrected chi connectivity index (χ4v) is 1.47. The molecule has 1 aromatic heterocycles. The summed E-state index contributed by atoms with van der Waals surface area (Å²) in [5, 5.41) is 8.70. The van der Waals surface area contributed by atoms with Crippen molar-refractivity contribution in [3.8, 4) is 5.75 Å². The van der Waals surface area contributed by atoms with Gasteiger partial charge in [0, 0.05) is 6.20 Å². The van der Waals surface area contributed by atoms with E-state index in [0.29, 0.717) is 6.07 Å². The number of ether oxygens (including phenoxy) is 1. The van der Waals surface area contributed by atoms with E-state index in [1.807, 2.05) is 0 Å². The Balaban J connectivity index is 2.22. The smallest absolute Gasteiger partial charge is 0.416 e. The number of carboxylic acid groups (broad SMARTS) is 1. The van der Waals surface area contributed by atoms with Crippen molar-refractivity contribution >= 4 is 11.9 Å². The Bertz CT molecular complexity index is 731. The van der Waals surface area contributed by atoms with Gasteiger partial charge in [-0.1, -0.05) is 6.07 Å². The maximum absolute atomic E-state index is 12.5. The summed E-state index contributed by atoms with van der Waals surface area (Å²) in [6.45, 7) is 0. The summed E-state index contributed by atoms with van der Waals surface area (Å²) in [6, 6.07) is 4.80. The van der Waals surface area contributed by atoms with Crippen LogP contribution in [-0.4, -0.2) is 27.0 Å². The molecule has 2 aromatic rings. The van der Waals surface area contributed by atoms with Gasteiger partial charge in [-0.25, -0.2) is 19.6 Å². The summed E-state index contributed by atoms with van der Waals surface area (Å²) in [5.74, 6) is -3.51. The molecule has 0 spiro atoms. The van der Waals surface area contributed by atoms with Gasteiger partial charge in [-0.15, -0.1) is 0 Å². The highest BCUT2D eigenvalue weighted by Gasteiger charge is 2.30. The second kappa shape index (κ2) is 5.80. The van der Waals surface area contributed by atoms with Crippen molar-refractivity contribution in [1.82, 2.24) is 9.97 Å². The number of hydrogen-bond acceptors (Lipinski definition) is 5. The summed E-state index contributed by atoms with van der Waals surface area (Å²) in [7, 11) is 0. The number of alkyl halides is 3. The molecule has 0 unspecified atom stereocenters. The quantitative estimate of drug-likeness (QED) is 0.691. The molecule has 0 bridgehead atoms. The van der Waals surface area contributed by atoms with Crippen LogP contribution in [0.1, 0.15) is 26.7 Å². The van der Waals surface area contributed by atoms with Crippen LogP contribution in [0.2, 0.25) is 0 Å². The third-order valence-corrected chi connectivity index (χ3v) is 2.43. The first kappa shape index (κ1) is 15.4. The molecule has 0 aliphatic heterocycles. The average molecular weight is 312 g/mol. The van der Waals surface area contributed by atoms with Gasteiger partial charge in [-0.3, -0.25) is 0 Å². The summed E-state index contributed by atoms with van der Waals surface area (Å²) in [4.78, 5) is 29.3.